The van der Waals surface area contributed by atoms with Gasteiger partial charge in [-0.15, -0.1) is 0 Å². The summed E-state index contributed by atoms with van der Waals surface area (Å²) in [4.78, 5) is 22.6. The molecule has 2 rings (SSSR count). The van der Waals surface area contributed by atoms with E-state index in [9.17, 15) is 18.4 Å². The molecule has 0 fully saturated rings. The standard InChI is InChI=1S/C15H10BrF2NO3/c16-10-1-4-14(9(5-10)7-20)22-8-15(21)19-13-6-11(17)2-3-12(13)18/h1-7H,8H2,(H,19,21). The SMILES string of the molecule is O=Cc1cc(Br)ccc1OCC(=O)Nc1cc(F)ccc1F. The maximum Gasteiger partial charge on any atom is 0.262 e. The van der Waals surface area contributed by atoms with Crippen LogP contribution in [0.2, 0.25) is 0 Å². The highest BCUT2D eigenvalue weighted by molar-refractivity contribution is 9.10. The number of hydrogen-bond donors (Lipinski definition) is 1. The molecule has 1 amide bonds. The lowest BCUT2D eigenvalue weighted by Crippen LogP contribution is -2.21. The van der Waals surface area contributed by atoms with Crippen LogP contribution in [0.25, 0.3) is 0 Å². The fraction of sp³-hybridized carbons (Fsp3) is 0.0667. The van der Waals surface area contributed by atoms with Gasteiger partial charge >= 0.3 is 0 Å². The first-order chi connectivity index (χ1) is 10.5. The fourth-order valence-electron chi connectivity index (χ4n) is 1.67. The average molecular weight is 370 g/mol. The van der Waals surface area contributed by atoms with E-state index in [1.807, 2.05) is 0 Å². The Labute approximate surface area is 133 Å². The lowest BCUT2D eigenvalue weighted by Gasteiger charge is -2.10. The molecule has 0 aromatic heterocycles. The molecule has 0 unspecified atom stereocenters. The van der Waals surface area contributed by atoms with Crippen molar-refractivity contribution in [2.24, 2.45) is 0 Å². The number of nitrogens with one attached hydrogen (secondary N) is 1. The van der Waals surface area contributed by atoms with E-state index < -0.39 is 24.1 Å². The Morgan fingerprint density at radius 2 is 2.00 bits per heavy atom. The van der Waals surface area contributed by atoms with Crippen molar-refractivity contribution in [2.75, 3.05) is 11.9 Å². The summed E-state index contributed by atoms with van der Waals surface area (Å²) in [5.74, 6) is -1.89. The van der Waals surface area contributed by atoms with E-state index in [0.29, 0.717) is 10.8 Å². The summed E-state index contributed by atoms with van der Waals surface area (Å²) in [6, 6.07) is 7.41. The number of anilines is 1. The van der Waals surface area contributed by atoms with Gasteiger partial charge in [0.1, 0.15) is 17.4 Å². The summed E-state index contributed by atoms with van der Waals surface area (Å²) in [5.41, 5.74) is -0.0147. The number of halogens is 3. The van der Waals surface area contributed by atoms with Gasteiger partial charge in [0.05, 0.1) is 11.3 Å². The van der Waals surface area contributed by atoms with Crippen molar-refractivity contribution < 1.29 is 23.1 Å². The van der Waals surface area contributed by atoms with Crippen LogP contribution in [0.4, 0.5) is 14.5 Å². The third kappa shape index (κ3) is 4.11. The molecule has 0 aliphatic rings. The molecule has 0 aliphatic heterocycles. The van der Waals surface area contributed by atoms with E-state index in [0.717, 1.165) is 18.2 Å². The Balaban J connectivity index is 2.01. The molecule has 7 heteroatoms. The fourth-order valence-corrected chi connectivity index (χ4v) is 2.04. The van der Waals surface area contributed by atoms with Crippen molar-refractivity contribution in [1.82, 2.24) is 0 Å². The van der Waals surface area contributed by atoms with Gasteiger partial charge < -0.3 is 10.1 Å². The first-order valence-electron chi connectivity index (χ1n) is 6.12. The first-order valence-corrected chi connectivity index (χ1v) is 6.91. The van der Waals surface area contributed by atoms with Gasteiger partial charge in [-0.3, -0.25) is 9.59 Å². The van der Waals surface area contributed by atoms with Gasteiger partial charge in [-0.05, 0) is 30.3 Å². The second-order valence-corrected chi connectivity index (χ2v) is 5.18. The number of carbonyl (C=O) groups excluding carboxylic acids is 2. The van der Waals surface area contributed by atoms with E-state index in [1.165, 1.54) is 12.1 Å². The van der Waals surface area contributed by atoms with Crippen LogP contribution in [-0.4, -0.2) is 18.8 Å². The lowest BCUT2D eigenvalue weighted by atomic mass is 10.2. The summed E-state index contributed by atoms with van der Waals surface area (Å²) in [7, 11) is 0. The molecule has 114 valence electrons. The van der Waals surface area contributed by atoms with Gasteiger partial charge in [0.15, 0.2) is 12.9 Å². The molecule has 2 aromatic rings. The van der Waals surface area contributed by atoms with Crippen molar-refractivity contribution in [2.45, 2.75) is 0 Å². The first kappa shape index (κ1) is 16.1. The predicted molar refractivity (Wildman–Crippen MR) is 80.0 cm³/mol. The molecule has 0 heterocycles. The van der Waals surface area contributed by atoms with Crippen molar-refractivity contribution in [1.29, 1.82) is 0 Å². The summed E-state index contributed by atoms with van der Waals surface area (Å²) in [6.45, 7) is -0.446. The number of carbonyl (C=O) groups is 2. The maximum atomic E-state index is 13.4. The molecule has 4 nitrogen and oxygen atoms in total. The van der Waals surface area contributed by atoms with E-state index in [2.05, 4.69) is 21.2 Å². The van der Waals surface area contributed by atoms with Crippen LogP contribution >= 0.6 is 15.9 Å². The van der Waals surface area contributed by atoms with Gasteiger partial charge in [0, 0.05) is 10.5 Å². The Hall–Kier alpha value is -2.28. The summed E-state index contributed by atoms with van der Waals surface area (Å²) in [5, 5.41) is 2.19. The van der Waals surface area contributed by atoms with Gasteiger partial charge in [-0.2, -0.15) is 0 Å². The second-order valence-electron chi connectivity index (χ2n) is 4.26. The highest BCUT2D eigenvalue weighted by Gasteiger charge is 2.10. The minimum Gasteiger partial charge on any atom is -0.483 e. The summed E-state index contributed by atoms with van der Waals surface area (Å²) in [6.07, 6.45) is 0.588. The Bertz CT molecular complexity index is 722. The molecule has 0 radical (unpaired) electrons. The smallest absolute Gasteiger partial charge is 0.262 e. The van der Waals surface area contributed by atoms with Gasteiger partial charge in [0.25, 0.3) is 5.91 Å². The number of rotatable bonds is 5. The molecule has 0 atom stereocenters. The third-order valence-electron chi connectivity index (χ3n) is 2.66. The number of ether oxygens (including phenoxy) is 1. The summed E-state index contributed by atoms with van der Waals surface area (Å²) >= 11 is 3.21. The topological polar surface area (TPSA) is 55.4 Å². The van der Waals surface area contributed by atoms with E-state index in [4.69, 9.17) is 4.74 Å². The van der Waals surface area contributed by atoms with Gasteiger partial charge in [0.2, 0.25) is 0 Å². The Kier molecular flexibility index (Phi) is 5.21. The van der Waals surface area contributed by atoms with E-state index >= 15 is 0 Å². The van der Waals surface area contributed by atoms with Crippen molar-refractivity contribution >= 4 is 33.8 Å². The maximum absolute atomic E-state index is 13.4. The molecule has 0 saturated heterocycles. The molecule has 0 bridgehead atoms. The highest BCUT2D eigenvalue weighted by Crippen LogP contribution is 2.22. The highest BCUT2D eigenvalue weighted by atomic mass is 79.9. The number of amides is 1. The average Bonchev–Trinajstić information content (AvgIpc) is 2.49. The summed E-state index contributed by atoms with van der Waals surface area (Å²) < 4.78 is 32.3. The van der Waals surface area contributed by atoms with Crippen molar-refractivity contribution in [3.8, 4) is 5.75 Å². The molecule has 0 saturated carbocycles. The number of aldehydes is 1. The minimum absolute atomic E-state index is 0.216. The zero-order valence-corrected chi connectivity index (χ0v) is 12.7. The van der Waals surface area contributed by atoms with Crippen LogP contribution in [0.15, 0.2) is 40.9 Å². The molecule has 22 heavy (non-hydrogen) atoms. The second kappa shape index (κ2) is 7.13. The lowest BCUT2D eigenvalue weighted by molar-refractivity contribution is -0.118. The minimum atomic E-state index is -0.757. The monoisotopic (exact) mass is 369 g/mol. The molecule has 0 aliphatic carbocycles. The van der Waals surface area contributed by atoms with Crippen LogP contribution in [0.5, 0.6) is 5.75 Å². The van der Waals surface area contributed by atoms with Crippen LogP contribution < -0.4 is 10.1 Å². The van der Waals surface area contributed by atoms with Crippen LogP contribution in [0.1, 0.15) is 10.4 Å². The number of benzene rings is 2. The van der Waals surface area contributed by atoms with Crippen molar-refractivity contribution in [3.63, 3.8) is 0 Å². The molecule has 2 aromatic carbocycles. The molecule has 1 N–H and O–H groups in total. The van der Waals surface area contributed by atoms with E-state index in [1.54, 1.807) is 6.07 Å². The van der Waals surface area contributed by atoms with Crippen LogP contribution in [0, 0.1) is 11.6 Å². The van der Waals surface area contributed by atoms with Crippen LogP contribution in [-0.2, 0) is 4.79 Å². The Morgan fingerprint density at radius 3 is 2.73 bits per heavy atom. The predicted octanol–water partition coefficient (Wildman–Crippen LogP) is 3.56. The normalized spacial score (nSPS) is 10.1. The Morgan fingerprint density at radius 1 is 1.23 bits per heavy atom. The van der Waals surface area contributed by atoms with Crippen molar-refractivity contribution in [3.05, 3.63) is 58.1 Å². The van der Waals surface area contributed by atoms with Crippen LogP contribution in [0.3, 0.4) is 0 Å². The van der Waals surface area contributed by atoms with E-state index in [-0.39, 0.29) is 17.0 Å². The zero-order valence-electron chi connectivity index (χ0n) is 11.1. The number of hydrogen-bond acceptors (Lipinski definition) is 3. The van der Waals surface area contributed by atoms with Gasteiger partial charge in [-0.1, -0.05) is 15.9 Å². The zero-order chi connectivity index (χ0) is 16.1. The van der Waals surface area contributed by atoms with Gasteiger partial charge in [-0.25, -0.2) is 8.78 Å². The molecular formula is C15H10BrF2NO3. The molecular weight excluding hydrogens is 360 g/mol. The largest absolute Gasteiger partial charge is 0.483 e. The quantitative estimate of drug-likeness (QED) is 0.819. The molecule has 0 spiro atoms. The third-order valence-corrected chi connectivity index (χ3v) is 3.15.